The Morgan fingerprint density at radius 3 is 2.43 bits per heavy atom. The van der Waals surface area contributed by atoms with Gasteiger partial charge >= 0.3 is 0 Å². The van der Waals surface area contributed by atoms with E-state index in [0.717, 1.165) is 42.8 Å². The third kappa shape index (κ3) is 7.68. The van der Waals surface area contributed by atoms with Crippen molar-refractivity contribution in [2.75, 3.05) is 20.1 Å². The first-order valence-electron chi connectivity index (χ1n) is 7.40. The second-order valence-electron chi connectivity index (χ2n) is 5.51. The summed E-state index contributed by atoms with van der Waals surface area (Å²) in [5.74, 6) is 2.52. The maximum atomic E-state index is 5.16. The van der Waals surface area contributed by atoms with Gasteiger partial charge in [0.1, 0.15) is 5.76 Å². The molecule has 1 heterocycles. The van der Waals surface area contributed by atoms with Crippen molar-refractivity contribution in [3.05, 3.63) is 17.0 Å². The normalized spacial score (nSPS) is 11.4. The van der Waals surface area contributed by atoms with E-state index in [-0.39, 0.29) is 24.0 Å². The van der Waals surface area contributed by atoms with Crippen molar-refractivity contribution in [3.63, 3.8) is 0 Å². The molecule has 0 aliphatic carbocycles. The van der Waals surface area contributed by atoms with Crippen molar-refractivity contribution >= 4 is 29.9 Å². The molecular formula is C15H29IN4O. The number of nitrogens with zero attached hydrogens (tertiary/aromatic N) is 2. The molecule has 0 saturated heterocycles. The number of hydrogen-bond acceptors (Lipinski definition) is 3. The molecule has 0 bridgehead atoms. The maximum Gasteiger partial charge on any atom is 0.190 e. The predicted molar refractivity (Wildman–Crippen MR) is 98.5 cm³/mol. The summed E-state index contributed by atoms with van der Waals surface area (Å²) < 4.78 is 5.16. The zero-order valence-electron chi connectivity index (χ0n) is 13.8. The van der Waals surface area contributed by atoms with Crippen molar-refractivity contribution in [2.24, 2.45) is 10.9 Å². The van der Waals surface area contributed by atoms with Crippen LogP contribution in [-0.4, -0.2) is 31.3 Å². The zero-order valence-corrected chi connectivity index (χ0v) is 16.2. The van der Waals surface area contributed by atoms with E-state index in [4.69, 9.17) is 4.52 Å². The van der Waals surface area contributed by atoms with Crippen LogP contribution in [0.2, 0.25) is 0 Å². The van der Waals surface area contributed by atoms with Crippen molar-refractivity contribution in [2.45, 2.75) is 47.0 Å². The van der Waals surface area contributed by atoms with Crippen LogP contribution in [0.3, 0.4) is 0 Å². The molecule has 0 fully saturated rings. The van der Waals surface area contributed by atoms with Crippen molar-refractivity contribution in [3.8, 4) is 0 Å². The van der Waals surface area contributed by atoms with Crippen LogP contribution in [0.5, 0.6) is 0 Å². The first-order chi connectivity index (χ1) is 9.54. The lowest BCUT2D eigenvalue weighted by Gasteiger charge is -2.12. The Hall–Kier alpha value is -0.790. The molecule has 1 rings (SSSR count). The Morgan fingerprint density at radius 1 is 1.24 bits per heavy atom. The molecule has 21 heavy (non-hydrogen) atoms. The lowest BCUT2D eigenvalue weighted by atomic mass is 10.1. The number of aromatic nitrogens is 1. The van der Waals surface area contributed by atoms with Crippen molar-refractivity contribution < 1.29 is 4.52 Å². The number of aryl methyl sites for hydroxylation is 2. The minimum Gasteiger partial charge on any atom is -0.361 e. The van der Waals surface area contributed by atoms with E-state index in [1.54, 1.807) is 7.05 Å². The molecule has 0 atom stereocenters. The van der Waals surface area contributed by atoms with Gasteiger partial charge in [-0.2, -0.15) is 0 Å². The topological polar surface area (TPSA) is 62.5 Å². The molecule has 0 amide bonds. The zero-order chi connectivity index (χ0) is 15.0. The van der Waals surface area contributed by atoms with Gasteiger partial charge in [-0.3, -0.25) is 4.99 Å². The van der Waals surface area contributed by atoms with Crippen LogP contribution in [0.25, 0.3) is 0 Å². The van der Waals surface area contributed by atoms with E-state index in [1.807, 2.05) is 13.8 Å². The van der Waals surface area contributed by atoms with Gasteiger partial charge in [-0.05, 0) is 39.0 Å². The summed E-state index contributed by atoms with van der Waals surface area (Å²) in [7, 11) is 1.80. The second kappa shape index (κ2) is 10.9. The predicted octanol–water partition coefficient (Wildman–Crippen LogP) is 3.05. The first-order valence-corrected chi connectivity index (χ1v) is 7.40. The van der Waals surface area contributed by atoms with E-state index in [1.165, 1.54) is 18.4 Å². The van der Waals surface area contributed by atoms with Gasteiger partial charge in [-0.15, -0.1) is 24.0 Å². The standard InChI is InChI=1S/C15H28N4O.HI/c1-11(2)7-6-9-17-15(16-5)18-10-8-14-12(3)19-20-13(14)4;/h11H,6-10H2,1-5H3,(H2,16,17,18);1H. The van der Waals surface area contributed by atoms with Crippen LogP contribution >= 0.6 is 24.0 Å². The SMILES string of the molecule is CN=C(NCCCC(C)C)NCCc1c(C)noc1C.I. The lowest BCUT2D eigenvalue weighted by molar-refractivity contribution is 0.392. The highest BCUT2D eigenvalue weighted by molar-refractivity contribution is 14.0. The monoisotopic (exact) mass is 408 g/mol. The molecule has 0 aromatic carbocycles. The van der Waals surface area contributed by atoms with Gasteiger partial charge in [0, 0.05) is 25.7 Å². The van der Waals surface area contributed by atoms with Gasteiger partial charge in [0.15, 0.2) is 5.96 Å². The Morgan fingerprint density at radius 2 is 1.90 bits per heavy atom. The van der Waals surface area contributed by atoms with Gasteiger partial charge in [0.2, 0.25) is 0 Å². The molecule has 1 aromatic rings. The molecule has 1 aromatic heterocycles. The fourth-order valence-electron chi connectivity index (χ4n) is 2.10. The Kier molecular flexibility index (Phi) is 10.5. The fraction of sp³-hybridized carbons (Fsp3) is 0.733. The van der Waals surface area contributed by atoms with Crippen LogP contribution in [0, 0.1) is 19.8 Å². The number of hydrogen-bond donors (Lipinski definition) is 2. The number of rotatable bonds is 7. The van der Waals surface area contributed by atoms with Crippen molar-refractivity contribution in [1.82, 2.24) is 15.8 Å². The highest BCUT2D eigenvalue weighted by Gasteiger charge is 2.08. The van der Waals surface area contributed by atoms with E-state index >= 15 is 0 Å². The first kappa shape index (κ1) is 20.2. The van der Waals surface area contributed by atoms with Crippen LogP contribution < -0.4 is 10.6 Å². The minimum absolute atomic E-state index is 0. The summed E-state index contributed by atoms with van der Waals surface area (Å²) in [6.45, 7) is 10.2. The van der Waals surface area contributed by atoms with Crippen LogP contribution in [0.4, 0.5) is 0 Å². The summed E-state index contributed by atoms with van der Waals surface area (Å²) in [5.41, 5.74) is 2.16. The van der Waals surface area contributed by atoms with Gasteiger partial charge in [0.05, 0.1) is 5.69 Å². The fourth-order valence-corrected chi connectivity index (χ4v) is 2.10. The summed E-state index contributed by atoms with van der Waals surface area (Å²) in [5, 5.41) is 10.6. The molecular weight excluding hydrogens is 379 g/mol. The second-order valence-corrected chi connectivity index (χ2v) is 5.51. The Balaban J connectivity index is 0.00000400. The molecule has 6 heteroatoms. The average Bonchev–Trinajstić information content (AvgIpc) is 2.72. The Labute approximate surface area is 145 Å². The van der Waals surface area contributed by atoms with E-state index in [0.29, 0.717) is 0 Å². The molecule has 2 N–H and O–H groups in total. The van der Waals surface area contributed by atoms with Crippen LogP contribution in [0.15, 0.2) is 9.52 Å². The summed E-state index contributed by atoms with van der Waals surface area (Å²) in [6.07, 6.45) is 3.30. The smallest absolute Gasteiger partial charge is 0.190 e. The van der Waals surface area contributed by atoms with Crippen LogP contribution in [0.1, 0.15) is 43.7 Å². The van der Waals surface area contributed by atoms with E-state index in [2.05, 4.69) is 34.6 Å². The number of aliphatic imine (C=N–C) groups is 1. The van der Waals surface area contributed by atoms with E-state index < -0.39 is 0 Å². The van der Waals surface area contributed by atoms with Gasteiger partial charge in [0.25, 0.3) is 0 Å². The minimum atomic E-state index is 0. The van der Waals surface area contributed by atoms with Gasteiger partial charge in [-0.25, -0.2) is 0 Å². The maximum absolute atomic E-state index is 5.16. The Bertz CT molecular complexity index is 410. The highest BCUT2D eigenvalue weighted by atomic mass is 127. The lowest BCUT2D eigenvalue weighted by Crippen LogP contribution is -2.38. The van der Waals surface area contributed by atoms with Crippen LogP contribution in [-0.2, 0) is 6.42 Å². The number of guanidine groups is 1. The molecule has 122 valence electrons. The van der Waals surface area contributed by atoms with Gasteiger partial charge < -0.3 is 15.2 Å². The van der Waals surface area contributed by atoms with E-state index in [9.17, 15) is 0 Å². The molecule has 0 radical (unpaired) electrons. The molecule has 0 saturated carbocycles. The molecule has 0 aliphatic rings. The number of nitrogens with one attached hydrogen (secondary N) is 2. The summed E-state index contributed by atoms with van der Waals surface area (Å²) in [4.78, 5) is 4.22. The number of halogens is 1. The molecule has 0 aliphatic heterocycles. The summed E-state index contributed by atoms with van der Waals surface area (Å²) in [6, 6.07) is 0. The quantitative estimate of drug-likeness (QED) is 0.315. The third-order valence-corrected chi connectivity index (χ3v) is 3.32. The molecule has 0 unspecified atom stereocenters. The average molecular weight is 408 g/mol. The largest absolute Gasteiger partial charge is 0.361 e. The highest BCUT2D eigenvalue weighted by Crippen LogP contribution is 2.11. The van der Waals surface area contributed by atoms with Gasteiger partial charge in [-0.1, -0.05) is 19.0 Å². The molecule has 0 spiro atoms. The third-order valence-electron chi connectivity index (χ3n) is 3.32. The van der Waals surface area contributed by atoms with Crippen molar-refractivity contribution in [1.29, 1.82) is 0 Å². The molecule has 5 nitrogen and oxygen atoms in total. The summed E-state index contributed by atoms with van der Waals surface area (Å²) >= 11 is 0.